The lowest BCUT2D eigenvalue weighted by molar-refractivity contribution is 0.0698. The van der Waals surface area contributed by atoms with Crippen molar-refractivity contribution in [3.8, 4) is 0 Å². The Hall–Kier alpha value is -3.81. The number of benzene rings is 2. The molecule has 2 aromatic heterocycles. The summed E-state index contributed by atoms with van der Waals surface area (Å²) in [5, 5.41) is 17.2. The number of nitrogens with one attached hydrogen (secondary N) is 1. The first-order chi connectivity index (χ1) is 13.5. The molecule has 4 aromatic rings. The highest BCUT2D eigenvalue weighted by Crippen LogP contribution is 2.28. The Balaban J connectivity index is 1.79. The van der Waals surface area contributed by atoms with E-state index < -0.39 is 11.8 Å². The van der Waals surface area contributed by atoms with Crippen molar-refractivity contribution in [1.29, 1.82) is 0 Å². The molecular weight excluding hydrogens is 366 g/mol. The second-order valence-corrected chi connectivity index (χ2v) is 6.15. The largest absolute Gasteiger partial charge is 0.478 e. The third-order valence-electron chi connectivity index (χ3n) is 4.24. The molecule has 0 aliphatic heterocycles. The number of aromatic carboxylic acids is 1. The van der Waals surface area contributed by atoms with Crippen molar-refractivity contribution in [3.05, 3.63) is 83.7 Å². The summed E-state index contributed by atoms with van der Waals surface area (Å²) in [7, 11) is 0. The van der Waals surface area contributed by atoms with Gasteiger partial charge in [-0.05, 0) is 42.0 Å². The number of anilines is 2. The van der Waals surface area contributed by atoms with Crippen LogP contribution in [0, 0.1) is 11.6 Å². The van der Waals surface area contributed by atoms with Gasteiger partial charge in [0.2, 0.25) is 0 Å². The molecular formula is C20H14F2N4O2. The normalized spacial score (nSPS) is 10.9. The van der Waals surface area contributed by atoms with Crippen LogP contribution >= 0.6 is 0 Å². The average molecular weight is 380 g/mol. The first-order valence-electron chi connectivity index (χ1n) is 8.36. The van der Waals surface area contributed by atoms with Crippen LogP contribution in [-0.2, 0) is 6.54 Å². The van der Waals surface area contributed by atoms with E-state index in [2.05, 4.69) is 15.4 Å². The van der Waals surface area contributed by atoms with Crippen molar-refractivity contribution < 1.29 is 18.7 Å². The number of carboxylic acids is 1. The molecule has 0 unspecified atom stereocenters. The molecule has 0 bridgehead atoms. The number of nitrogens with zero attached hydrogens (tertiary/aromatic N) is 3. The minimum Gasteiger partial charge on any atom is -0.478 e. The smallest absolute Gasteiger partial charge is 0.337 e. The summed E-state index contributed by atoms with van der Waals surface area (Å²) in [6.07, 6.45) is 2.73. The monoisotopic (exact) mass is 380 g/mol. The second-order valence-electron chi connectivity index (χ2n) is 6.15. The van der Waals surface area contributed by atoms with Crippen molar-refractivity contribution in [2.45, 2.75) is 6.54 Å². The molecule has 2 aromatic carbocycles. The van der Waals surface area contributed by atoms with Crippen LogP contribution in [0.25, 0.3) is 10.9 Å². The Kier molecular flexibility index (Phi) is 4.44. The molecule has 0 saturated heterocycles. The zero-order valence-electron chi connectivity index (χ0n) is 14.4. The number of carbonyl (C=O) groups is 1. The minimum absolute atomic E-state index is 0.0132. The zero-order chi connectivity index (χ0) is 19.7. The van der Waals surface area contributed by atoms with E-state index in [1.165, 1.54) is 42.7 Å². The Morgan fingerprint density at radius 2 is 1.93 bits per heavy atom. The van der Waals surface area contributed by atoms with Crippen LogP contribution in [0.1, 0.15) is 15.9 Å². The molecule has 8 heteroatoms. The lowest BCUT2D eigenvalue weighted by Gasteiger charge is -2.06. The van der Waals surface area contributed by atoms with E-state index >= 15 is 0 Å². The fourth-order valence-electron chi connectivity index (χ4n) is 2.98. The van der Waals surface area contributed by atoms with Gasteiger partial charge in [0.25, 0.3) is 0 Å². The summed E-state index contributed by atoms with van der Waals surface area (Å²) in [4.78, 5) is 15.3. The van der Waals surface area contributed by atoms with Crippen molar-refractivity contribution in [2.75, 3.05) is 5.32 Å². The van der Waals surface area contributed by atoms with Crippen LogP contribution < -0.4 is 5.32 Å². The molecule has 140 valence electrons. The highest BCUT2D eigenvalue weighted by atomic mass is 19.1. The van der Waals surface area contributed by atoms with Crippen molar-refractivity contribution >= 4 is 28.4 Å². The molecule has 0 radical (unpaired) electrons. The maximum absolute atomic E-state index is 13.8. The van der Waals surface area contributed by atoms with E-state index in [9.17, 15) is 18.7 Å². The predicted molar refractivity (Wildman–Crippen MR) is 99.7 cm³/mol. The quantitative estimate of drug-likeness (QED) is 0.542. The Morgan fingerprint density at radius 1 is 1.11 bits per heavy atom. The van der Waals surface area contributed by atoms with Crippen LogP contribution in [-0.4, -0.2) is 25.8 Å². The minimum atomic E-state index is -1.13. The number of hydrogen-bond acceptors (Lipinski definition) is 4. The molecule has 28 heavy (non-hydrogen) atoms. The average Bonchev–Trinajstić information content (AvgIpc) is 2.98. The standard InChI is InChI=1S/C20H14F2N4O2/c21-13-3-1-2-12(8-13)11-26-18-5-4-14(22)9-16(18)19(25-26)24-17-10-23-7-6-15(17)20(27)28/h1-10H,11H2,(H,24,25)(H,27,28). The topological polar surface area (TPSA) is 80.0 Å². The lowest BCUT2D eigenvalue weighted by Crippen LogP contribution is -2.05. The molecule has 6 nitrogen and oxygen atoms in total. The molecule has 0 saturated carbocycles. The fourth-order valence-corrected chi connectivity index (χ4v) is 2.98. The van der Waals surface area contributed by atoms with Gasteiger partial charge in [-0.25, -0.2) is 13.6 Å². The Morgan fingerprint density at radius 3 is 2.71 bits per heavy atom. The van der Waals surface area contributed by atoms with Crippen molar-refractivity contribution in [2.24, 2.45) is 0 Å². The van der Waals surface area contributed by atoms with Gasteiger partial charge in [0.05, 0.1) is 29.5 Å². The molecule has 0 amide bonds. The van der Waals surface area contributed by atoms with E-state index in [0.29, 0.717) is 16.5 Å². The fraction of sp³-hybridized carbons (Fsp3) is 0.0500. The maximum Gasteiger partial charge on any atom is 0.337 e. The van der Waals surface area contributed by atoms with Gasteiger partial charge in [-0.2, -0.15) is 5.10 Å². The SMILES string of the molecule is O=C(O)c1ccncc1Nc1nn(Cc2cccc(F)c2)c2ccc(F)cc12. The van der Waals surface area contributed by atoms with Gasteiger partial charge < -0.3 is 10.4 Å². The van der Waals surface area contributed by atoms with E-state index in [0.717, 1.165) is 0 Å². The molecule has 2 heterocycles. The number of fused-ring (bicyclic) bond motifs is 1. The number of rotatable bonds is 5. The number of pyridine rings is 1. The Labute approximate surface area is 158 Å². The predicted octanol–water partition coefficient (Wildman–Crippen LogP) is 4.20. The number of aromatic nitrogens is 3. The third kappa shape index (κ3) is 3.39. The third-order valence-corrected chi connectivity index (χ3v) is 4.24. The molecule has 4 rings (SSSR count). The van der Waals surface area contributed by atoms with Gasteiger partial charge in [0.1, 0.15) is 11.6 Å². The van der Waals surface area contributed by atoms with Gasteiger partial charge in [-0.15, -0.1) is 0 Å². The van der Waals surface area contributed by atoms with E-state index in [1.807, 2.05) is 0 Å². The van der Waals surface area contributed by atoms with Crippen LogP contribution in [0.2, 0.25) is 0 Å². The number of carboxylic acid groups (broad SMARTS) is 1. The summed E-state index contributed by atoms with van der Waals surface area (Å²) in [6, 6.07) is 11.7. The molecule has 2 N–H and O–H groups in total. The molecule has 0 fully saturated rings. The number of halogens is 2. The highest BCUT2D eigenvalue weighted by Gasteiger charge is 2.16. The van der Waals surface area contributed by atoms with Gasteiger partial charge >= 0.3 is 5.97 Å². The summed E-state index contributed by atoms with van der Waals surface area (Å²) in [6.45, 7) is 0.264. The zero-order valence-corrected chi connectivity index (χ0v) is 14.4. The van der Waals surface area contributed by atoms with Crippen molar-refractivity contribution in [1.82, 2.24) is 14.8 Å². The van der Waals surface area contributed by atoms with Gasteiger partial charge in [0.15, 0.2) is 5.82 Å². The van der Waals surface area contributed by atoms with Gasteiger partial charge in [-0.3, -0.25) is 9.67 Å². The first kappa shape index (κ1) is 17.6. The van der Waals surface area contributed by atoms with Gasteiger partial charge in [0, 0.05) is 11.6 Å². The Bertz CT molecular complexity index is 1190. The molecule has 0 aliphatic rings. The molecule has 0 atom stereocenters. The lowest BCUT2D eigenvalue weighted by atomic mass is 10.2. The van der Waals surface area contributed by atoms with Gasteiger partial charge in [-0.1, -0.05) is 12.1 Å². The summed E-state index contributed by atoms with van der Waals surface area (Å²) >= 11 is 0. The van der Waals surface area contributed by atoms with Crippen LogP contribution in [0.5, 0.6) is 0 Å². The van der Waals surface area contributed by atoms with Crippen LogP contribution in [0.3, 0.4) is 0 Å². The maximum atomic E-state index is 13.8. The first-order valence-corrected chi connectivity index (χ1v) is 8.36. The molecule has 0 aliphatic carbocycles. The summed E-state index contributed by atoms with van der Waals surface area (Å²) in [5.74, 6) is -1.66. The highest BCUT2D eigenvalue weighted by molar-refractivity contribution is 5.97. The van der Waals surface area contributed by atoms with E-state index in [1.54, 1.807) is 22.9 Å². The van der Waals surface area contributed by atoms with E-state index in [4.69, 9.17) is 0 Å². The summed E-state index contributed by atoms with van der Waals surface area (Å²) < 4.78 is 28.9. The van der Waals surface area contributed by atoms with E-state index in [-0.39, 0.29) is 29.4 Å². The second kappa shape index (κ2) is 7.07. The van der Waals surface area contributed by atoms with Crippen molar-refractivity contribution in [3.63, 3.8) is 0 Å². The molecule has 0 spiro atoms. The summed E-state index contributed by atoms with van der Waals surface area (Å²) in [5.41, 5.74) is 1.55. The van der Waals surface area contributed by atoms with Crippen LogP contribution in [0.4, 0.5) is 20.3 Å². The van der Waals surface area contributed by atoms with Crippen LogP contribution in [0.15, 0.2) is 60.9 Å². The number of hydrogen-bond donors (Lipinski definition) is 2.